The Morgan fingerprint density at radius 1 is 1.50 bits per heavy atom. The molecule has 1 aromatic heterocycles. The van der Waals surface area contributed by atoms with E-state index in [4.69, 9.17) is 0 Å². The Balaban J connectivity index is 0.00000121. The summed E-state index contributed by atoms with van der Waals surface area (Å²) in [5, 5.41) is 6.22. The predicted octanol–water partition coefficient (Wildman–Crippen LogP) is -3.96. The predicted molar refractivity (Wildman–Crippen MR) is 42.7 cm³/mol. The smallest absolute Gasteiger partial charge is 0.244 e. The van der Waals surface area contributed by atoms with E-state index < -0.39 is 0 Å². The summed E-state index contributed by atoms with van der Waals surface area (Å²) in [6.45, 7) is 1.68. The molecule has 0 spiro atoms. The highest BCUT2D eigenvalue weighted by Gasteiger charge is 1.96. The summed E-state index contributed by atoms with van der Waals surface area (Å²) in [7, 11) is 3.93. The van der Waals surface area contributed by atoms with Crippen molar-refractivity contribution in [2.45, 2.75) is 6.67 Å². The van der Waals surface area contributed by atoms with Crippen LogP contribution in [0.3, 0.4) is 0 Å². The number of aromatic nitrogens is 2. The van der Waals surface area contributed by atoms with Gasteiger partial charge in [0.1, 0.15) is 19.1 Å². The number of nitrogens with one attached hydrogen (secondary N) is 2. The quantitative estimate of drug-likeness (QED) is 0.256. The molecule has 5 heteroatoms. The Bertz CT molecular complexity index is 211. The summed E-state index contributed by atoms with van der Waals surface area (Å²) in [5.74, 6) is 0. The van der Waals surface area contributed by atoms with E-state index in [2.05, 4.69) is 15.2 Å². The second-order valence-corrected chi connectivity index (χ2v) is 2.53. The van der Waals surface area contributed by atoms with Crippen molar-refractivity contribution >= 4 is 0 Å². The third kappa shape index (κ3) is 4.03. The van der Waals surface area contributed by atoms with Gasteiger partial charge in [-0.2, -0.15) is 0 Å². The molecule has 4 nitrogen and oxygen atoms in total. The van der Waals surface area contributed by atoms with Crippen LogP contribution in [-0.4, -0.2) is 18.3 Å². The molecule has 0 unspecified atom stereocenters. The standard InChI is InChI=1S/C7H15N4.HI/c1-8-5-9-6-11-4-3-10(2)7-11;/h3-4,7-9H,5-6H2,1-2H3;1H/q+1;/p-1. The SMILES string of the molecule is CNCNCn1cc[n+](C)c1.[I-]. The zero-order valence-corrected chi connectivity index (χ0v) is 9.58. The maximum absolute atomic E-state index is 3.20. The third-order valence-electron chi connectivity index (χ3n) is 1.42. The number of aryl methyl sites for hydroxylation is 1. The van der Waals surface area contributed by atoms with Gasteiger partial charge in [0.2, 0.25) is 6.33 Å². The lowest BCUT2D eigenvalue weighted by atomic mass is 10.8. The number of halogens is 1. The molecule has 1 rings (SSSR count). The van der Waals surface area contributed by atoms with Crippen molar-refractivity contribution in [3.8, 4) is 0 Å². The first-order valence-corrected chi connectivity index (χ1v) is 3.69. The first-order valence-electron chi connectivity index (χ1n) is 3.69. The van der Waals surface area contributed by atoms with E-state index >= 15 is 0 Å². The Hall–Kier alpha value is -0.140. The molecular weight excluding hydrogens is 267 g/mol. The van der Waals surface area contributed by atoms with Crippen LogP contribution in [0, 0.1) is 0 Å². The number of hydrogen-bond acceptors (Lipinski definition) is 2. The van der Waals surface area contributed by atoms with Gasteiger partial charge in [-0.15, -0.1) is 0 Å². The number of rotatable bonds is 4. The van der Waals surface area contributed by atoms with E-state index in [9.17, 15) is 0 Å². The maximum atomic E-state index is 3.20. The minimum atomic E-state index is 0. The summed E-state index contributed by atoms with van der Waals surface area (Å²) in [5.41, 5.74) is 0. The van der Waals surface area contributed by atoms with Crippen LogP contribution < -0.4 is 39.2 Å². The fourth-order valence-electron chi connectivity index (χ4n) is 0.905. The van der Waals surface area contributed by atoms with Gasteiger partial charge < -0.3 is 29.3 Å². The lowest BCUT2D eigenvalue weighted by Gasteiger charge is -1.98. The van der Waals surface area contributed by atoms with E-state index in [-0.39, 0.29) is 24.0 Å². The van der Waals surface area contributed by atoms with Crippen molar-refractivity contribution < 1.29 is 28.5 Å². The Morgan fingerprint density at radius 2 is 2.25 bits per heavy atom. The largest absolute Gasteiger partial charge is 1.00 e. The van der Waals surface area contributed by atoms with Crippen LogP contribution in [0.25, 0.3) is 0 Å². The van der Waals surface area contributed by atoms with E-state index in [1.807, 2.05) is 37.4 Å². The third-order valence-corrected chi connectivity index (χ3v) is 1.42. The van der Waals surface area contributed by atoms with Crippen molar-refractivity contribution in [2.75, 3.05) is 13.7 Å². The minimum Gasteiger partial charge on any atom is -1.00 e. The first-order chi connectivity index (χ1) is 5.33. The van der Waals surface area contributed by atoms with Crippen LogP contribution in [-0.2, 0) is 13.7 Å². The van der Waals surface area contributed by atoms with Gasteiger partial charge in [-0.25, -0.2) is 9.13 Å². The molecule has 0 aliphatic rings. The second-order valence-electron chi connectivity index (χ2n) is 2.53. The zero-order chi connectivity index (χ0) is 8.10. The Labute approximate surface area is 90.0 Å². The van der Waals surface area contributed by atoms with Gasteiger partial charge in [-0.3, -0.25) is 5.32 Å². The molecule has 2 N–H and O–H groups in total. The van der Waals surface area contributed by atoms with Crippen LogP contribution in [0.5, 0.6) is 0 Å². The van der Waals surface area contributed by atoms with Crippen LogP contribution in [0.2, 0.25) is 0 Å². The number of imidazole rings is 1. The normalized spacial score (nSPS) is 9.50. The van der Waals surface area contributed by atoms with E-state index in [1.54, 1.807) is 0 Å². The molecule has 0 amide bonds. The van der Waals surface area contributed by atoms with Gasteiger partial charge in [0.15, 0.2) is 0 Å². The number of hydrogen-bond donors (Lipinski definition) is 2. The molecule has 0 saturated carbocycles. The van der Waals surface area contributed by atoms with E-state index in [0.29, 0.717) is 0 Å². The fraction of sp³-hybridized carbons (Fsp3) is 0.571. The Kier molecular flexibility index (Phi) is 6.31. The van der Waals surface area contributed by atoms with Crippen LogP contribution >= 0.6 is 0 Å². The van der Waals surface area contributed by atoms with Gasteiger partial charge in [0, 0.05) is 6.67 Å². The summed E-state index contributed by atoms with van der Waals surface area (Å²) in [4.78, 5) is 0. The average molecular weight is 282 g/mol. The Morgan fingerprint density at radius 3 is 2.75 bits per heavy atom. The number of nitrogens with zero attached hydrogens (tertiary/aromatic N) is 2. The molecule has 12 heavy (non-hydrogen) atoms. The van der Waals surface area contributed by atoms with Crippen molar-refractivity contribution in [3.05, 3.63) is 18.7 Å². The summed E-state index contributed by atoms with van der Waals surface area (Å²) in [6.07, 6.45) is 6.08. The lowest BCUT2D eigenvalue weighted by Crippen LogP contribution is -3.00. The summed E-state index contributed by atoms with van der Waals surface area (Å²) < 4.78 is 4.10. The van der Waals surface area contributed by atoms with E-state index in [0.717, 1.165) is 13.3 Å². The molecule has 1 heterocycles. The molecule has 0 bridgehead atoms. The molecule has 0 aliphatic carbocycles. The molecule has 0 fully saturated rings. The first kappa shape index (κ1) is 11.9. The summed E-state index contributed by atoms with van der Waals surface area (Å²) in [6, 6.07) is 0. The molecule has 0 atom stereocenters. The van der Waals surface area contributed by atoms with Gasteiger partial charge in [-0.1, -0.05) is 0 Å². The molecule has 0 saturated heterocycles. The van der Waals surface area contributed by atoms with Gasteiger partial charge >= 0.3 is 0 Å². The average Bonchev–Trinajstić information content (AvgIpc) is 2.37. The van der Waals surface area contributed by atoms with Crippen molar-refractivity contribution in [1.82, 2.24) is 15.2 Å². The van der Waals surface area contributed by atoms with Gasteiger partial charge in [0.25, 0.3) is 0 Å². The van der Waals surface area contributed by atoms with Crippen LogP contribution in [0.4, 0.5) is 0 Å². The lowest BCUT2D eigenvalue weighted by molar-refractivity contribution is -0.671. The van der Waals surface area contributed by atoms with Crippen LogP contribution in [0.1, 0.15) is 0 Å². The maximum Gasteiger partial charge on any atom is 0.244 e. The molecule has 0 radical (unpaired) electrons. The minimum absolute atomic E-state index is 0. The van der Waals surface area contributed by atoms with Crippen molar-refractivity contribution in [3.63, 3.8) is 0 Å². The highest BCUT2D eigenvalue weighted by atomic mass is 127. The molecule has 70 valence electrons. The summed E-state index contributed by atoms with van der Waals surface area (Å²) >= 11 is 0. The van der Waals surface area contributed by atoms with Gasteiger partial charge in [0.05, 0.1) is 7.05 Å². The highest BCUT2D eigenvalue weighted by molar-refractivity contribution is 4.64. The molecule has 0 aromatic carbocycles. The van der Waals surface area contributed by atoms with Crippen molar-refractivity contribution in [1.29, 1.82) is 0 Å². The zero-order valence-electron chi connectivity index (χ0n) is 7.42. The van der Waals surface area contributed by atoms with Crippen LogP contribution in [0.15, 0.2) is 18.7 Å². The topological polar surface area (TPSA) is 32.9 Å². The van der Waals surface area contributed by atoms with Crippen molar-refractivity contribution in [2.24, 2.45) is 7.05 Å². The monoisotopic (exact) mass is 282 g/mol. The second kappa shape index (κ2) is 6.38. The molecule has 1 aromatic rings. The van der Waals surface area contributed by atoms with E-state index in [1.165, 1.54) is 0 Å². The van der Waals surface area contributed by atoms with Gasteiger partial charge in [-0.05, 0) is 7.05 Å². The highest BCUT2D eigenvalue weighted by Crippen LogP contribution is 1.78. The molecular formula is C7H15IN4. The molecule has 0 aliphatic heterocycles. The fourth-order valence-corrected chi connectivity index (χ4v) is 0.905.